The molecule has 0 fully saturated rings. The first kappa shape index (κ1) is 17.4. The van der Waals surface area contributed by atoms with Crippen LogP contribution in [0.25, 0.3) is 0 Å². The van der Waals surface area contributed by atoms with Crippen LogP contribution in [0.5, 0.6) is 0 Å². The van der Waals surface area contributed by atoms with E-state index in [1.54, 1.807) is 38.1 Å². The van der Waals surface area contributed by atoms with Crippen LogP contribution < -0.4 is 5.32 Å². The summed E-state index contributed by atoms with van der Waals surface area (Å²) < 4.78 is 5.35. The van der Waals surface area contributed by atoms with Gasteiger partial charge in [-0.3, -0.25) is 14.4 Å². The number of nitrogens with one attached hydrogen (secondary N) is 1. The first-order valence-corrected chi connectivity index (χ1v) is 8.25. The fraction of sp³-hybridized carbons (Fsp3) is 0.421. The number of allylic oxidation sites excluding steroid dienone is 2. The van der Waals surface area contributed by atoms with Crippen LogP contribution >= 0.6 is 0 Å². The highest BCUT2D eigenvalue weighted by Gasteiger charge is 2.43. The number of ketones is 2. The molecule has 2 aliphatic rings. The summed E-state index contributed by atoms with van der Waals surface area (Å²) in [6.45, 7) is 4.69. The largest absolute Gasteiger partial charge is 0.460 e. The van der Waals surface area contributed by atoms with E-state index in [1.807, 2.05) is 0 Å². The topological polar surface area (TPSA) is 92.7 Å². The van der Waals surface area contributed by atoms with Crippen LogP contribution in [0.1, 0.15) is 47.9 Å². The summed E-state index contributed by atoms with van der Waals surface area (Å²) in [5, 5.41) is 13.5. The summed E-state index contributed by atoms with van der Waals surface area (Å²) in [5.41, 5.74) is 0.126. The quantitative estimate of drug-likeness (QED) is 0.793. The second kappa shape index (κ2) is 6.11. The SMILES string of the molecule is CC(=O)O[C@@H]1CNC2=C(C[C@@H]1C(C)(C)O)C(=O)c1ccccc1C2=O. The van der Waals surface area contributed by atoms with Crippen molar-refractivity contribution in [1.29, 1.82) is 0 Å². The summed E-state index contributed by atoms with van der Waals surface area (Å²) >= 11 is 0. The van der Waals surface area contributed by atoms with Gasteiger partial charge in [-0.1, -0.05) is 24.3 Å². The van der Waals surface area contributed by atoms with E-state index in [1.165, 1.54) is 6.92 Å². The molecule has 0 unspecified atom stereocenters. The first-order valence-electron chi connectivity index (χ1n) is 8.25. The molecule has 0 aromatic heterocycles. The number of Topliss-reactive ketones (excluding diaryl/α,β-unsaturated/α-hetero) is 2. The van der Waals surface area contributed by atoms with E-state index < -0.39 is 23.6 Å². The lowest BCUT2D eigenvalue weighted by molar-refractivity contribution is -0.153. The Bertz CT molecular complexity index is 787. The molecule has 0 amide bonds. The van der Waals surface area contributed by atoms with Crippen molar-refractivity contribution in [2.75, 3.05) is 6.54 Å². The molecule has 1 aromatic rings. The van der Waals surface area contributed by atoms with Crippen molar-refractivity contribution in [2.24, 2.45) is 5.92 Å². The van der Waals surface area contributed by atoms with E-state index in [0.717, 1.165) is 0 Å². The van der Waals surface area contributed by atoms with Gasteiger partial charge in [0.2, 0.25) is 5.78 Å². The summed E-state index contributed by atoms with van der Waals surface area (Å²) in [5.74, 6) is -1.46. The third-order valence-electron chi connectivity index (χ3n) is 4.80. The summed E-state index contributed by atoms with van der Waals surface area (Å²) in [4.78, 5) is 37.1. The molecule has 3 rings (SSSR count). The van der Waals surface area contributed by atoms with Crippen LogP contribution in [0.4, 0.5) is 0 Å². The number of hydrogen-bond donors (Lipinski definition) is 2. The van der Waals surface area contributed by atoms with Crippen molar-refractivity contribution in [3.8, 4) is 0 Å². The minimum atomic E-state index is -1.19. The smallest absolute Gasteiger partial charge is 0.302 e. The van der Waals surface area contributed by atoms with Crippen LogP contribution in [-0.4, -0.2) is 40.9 Å². The van der Waals surface area contributed by atoms with E-state index in [4.69, 9.17) is 4.74 Å². The van der Waals surface area contributed by atoms with Crippen molar-refractivity contribution in [1.82, 2.24) is 5.32 Å². The van der Waals surface area contributed by atoms with E-state index >= 15 is 0 Å². The predicted molar refractivity (Wildman–Crippen MR) is 90.1 cm³/mol. The zero-order valence-corrected chi connectivity index (χ0v) is 14.5. The molecule has 0 radical (unpaired) electrons. The Morgan fingerprint density at radius 3 is 2.36 bits per heavy atom. The molecule has 0 bridgehead atoms. The number of carbonyl (C=O) groups is 3. The lowest BCUT2D eigenvalue weighted by atomic mass is 9.78. The normalized spacial score (nSPS) is 23.4. The molecular weight excluding hydrogens is 322 g/mol. The zero-order chi connectivity index (χ0) is 18.4. The Hall–Kier alpha value is -2.47. The molecule has 1 aromatic carbocycles. The third kappa shape index (κ3) is 3.09. The number of rotatable bonds is 2. The van der Waals surface area contributed by atoms with Gasteiger partial charge < -0.3 is 15.2 Å². The van der Waals surface area contributed by atoms with Gasteiger partial charge in [0.15, 0.2) is 5.78 Å². The average molecular weight is 343 g/mol. The van der Waals surface area contributed by atoms with Gasteiger partial charge in [-0.25, -0.2) is 0 Å². The highest BCUT2D eigenvalue weighted by Crippen LogP contribution is 2.36. The number of fused-ring (bicyclic) bond motifs is 1. The first-order chi connectivity index (χ1) is 11.7. The molecule has 132 valence electrons. The maximum Gasteiger partial charge on any atom is 0.302 e. The van der Waals surface area contributed by atoms with Crippen LogP contribution in [-0.2, 0) is 9.53 Å². The maximum atomic E-state index is 12.9. The summed E-state index contributed by atoms with van der Waals surface area (Å²) in [6, 6.07) is 6.69. The molecule has 25 heavy (non-hydrogen) atoms. The van der Waals surface area contributed by atoms with Crippen LogP contribution in [0, 0.1) is 5.92 Å². The van der Waals surface area contributed by atoms with Crippen molar-refractivity contribution in [3.63, 3.8) is 0 Å². The third-order valence-corrected chi connectivity index (χ3v) is 4.80. The van der Waals surface area contributed by atoms with Gasteiger partial charge in [0.25, 0.3) is 0 Å². The zero-order valence-electron chi connectivity index (χ0n) is 14.5. The predicted octanol–water partition coefficient (Wildman–Crippen LogP) is 1.63. The van der Waals surface area contributed by atoms with Crippen LogP contribution in [0.15, 0.2) is 35.5 Å². The van der Waals surface area contributed by atoms with Crippen molar-refractivity contribution >= 4 is 17.5 Å². The Balaban J connectivity index is 2.04. The molecule has 6 heteroatoms. The van der Waals surface area contributed by atoms with Gasteiger partial charge in [0, 0.05) is 29.5 Å². The van der Waals surface area contributed by atoms with Crippen LogP contribution in [0.3, 0.4) is 0 Å². The molecule has 1 aliphatic heterocycles. The maximum absolute atomic E-state index is 12.9. The van der Waals surface area contributed by atoms with E-state index in [9.17, 15) is 19.5 Å². The van der Waals surface area contributed by atoms with Gasteiger partial charge in [-0.2, -0.15) is 0 Å². The fourth-order valence-corrected chi connectivity index (χ4v) is 3.55. The van der Waals surface area contributed by atoms with E-state index in [0.29, 0.717) is 16.7 Å². The average Bonchev–Trinajstić information content (AvgIpc) is 2.72. The van der Waals surface area contributed by atoms with E-state index in [2.05, 4.69) is 5.32 Å². The molecule has 1 aliphatic carbocycles. The molecular formula is C19H21NO5. The molecule has 2 N–H and O–H groups in total. The Labute approximate surface area is 145 Å². The van der Waals surface area contributed by atoms with Crippen molar-refractivity contribution in [2.45, 2.75) is 38.9 Å². The Kier molecular flexibility index (Phi) is 4.24. The number of benzene rings is 1. The minimum Gasteiger partial charge on any atom is -0.460 e. The molecule has 2 atom stereocenters. The van der Waals surface area contributed by atoms with E-state index in [-0.39, 0.29) is 30.2 Å². The Morgan fingerprint density at radius 2 is 1.80 bits per heavy atom. The second-order valence-corrected chi connectivity index (χ2v) is 7.05. The number of aliphatic hydroxyl groups is 1. The number of ether oxygens (including phenoxy) is 1. The van der Waals surface area contributed by atoms with Gasteiger partial charge in [0.1, 0.15) is 6.10 Å². The lowest BCUT2D eigenvalue weighted by Gasteiger charge is -2.34. The molecule has 0 saturated heterocycles. The second-order valence-electron chi connectivity index (χ2n) is 7.05. The Morgan fingerprint density at radius 1 is 1.20 bits per heavy atom. The minimum absolute atomic E-state index is 0.155. The highest BCUT2D eigenvalue weighted by molar-refractivity contribution is 6.26. The molecule has 1 heterocycles. The number of esters is 1. The van der Waals surface area contributed by atoms with Gasteiger partial charge >= 0.3 is 5.97 Å². The number of hydrogen-bond acceptors (Lipinski definition) is 6. The summed E-state index contributed by atoms with van der Waals surface area (Å²) in [6.07, 6.45) is -0.491. The van der Waals surface area contributed by atoms with Crippen LogP contribution in [0.2, 0.25) is 0 Å². The van der Waals surface area contributed by atoms with Gasteiger partial charge in [-0.15, -0.1) is 0 Å². The lowest BCUT2D eigenvalue weighted by Crippen LogP contribution is -2.44. The van der Waals surface area contributed by atoms with Crippen molar-refractivity contribution < 1.29 is 24.2 Å². The van der Waals surface area contributed by atoms with Gasteiger partial charge in [0.05, 0.1) is 17.8 Å². The fourth-order valence-electron chi connectivity index (χ4n) is 3.55. The standard InChI is InChI=1S/C19H21NO5/c1-10(21)25-15-9-20-16-13(8-14(15)19(2,3)24)17(22)11-6-4-5-7-12(11)18(16)23/h4-7,14-15,20,24H,8-9H2,1-3H3/t14-,15+/m0/s1. The monoisotopic (exact) mass is 343 g/mol. The molecule has 6 nitrogen and oxygen atoms in total. The molecule has 0 spiro atoms. The molecule has 0 saturated carbocycles. The van der Waals surface area contributed by atoms with Crippen molar-refractivity contribution in [3.05, 3.63) is 46.7 Å². The van der Waals surface area contributed by atoms with Gasteiger partial charge in [-0.05, 0) is 20.3 Å². The highest BCUT2D eigenvalue weighted by atomic mass is 16.5. The number of carbonyl (C=O) groups excluding carboxylic acids is 3. The summed E-state index contributed by atoms with van der Waals surface area (Å²) in [7, 11) is 0.